The van der Waals surface area contributed by atoms with Crippen molar-refractivity contribution in [1.29, 1.82) is 0 Å². The smallest absolute Gasteiger partial charge is 0.252 e. The van der Waals surface area contributed by atoms with E-state index in [1.807, 2.05) is 0 Å². The minimum absolute atomic E-state index is 0.0182. The van der Waals surface area contributed by atoms with Gasteiger partial charge in [0.25, 0.3) is 5.91 Å². The topological polar surface area (TPSA) is 58.6 Å². The van der Waals surface area contributed by atoms with Crippen molar-refractivity contribution in [3.63, 3.8) is 0 Å². The number of rotatable bonds is 2. The molecule has 1 amide bonds. The van der Waals surface area contributed by atoms with Gasteiger partial charge in [0, 0.05) is 24.7 Å². The fraction of sp³-hybridized carbons (Fsp3) is 0.583. The van der Waals surface area contributed by atoms with Crippen molar-refractivity contribution in [3.8, 4) is 0 Å². The molecule has 0 radical (unpaired) electrons. The second-order valence-corrected chi connectivity index (χ2v) is 4.88. The Hall–Kier alpha value is -1.40. The molecule has 1 aromatic rings. The zero-order chi connectivity index (χ0) is 16.1. The largest absolute Gasteiger partial charge is 0.382 e. The first-order valence-corrected chi connectivity index (χ1v) is 6.38. The molecule has 0 aromatic carbocycles. The van der Waals surface area contributed by atoms with E-state index in [1.165, 1.54) is 7.11 Å². The summed E-state index contributed by atoms with van der Waals surface area (Å²) in [4.78, 5) is 23.5. The molecule has 0 unspecified atom stereocenters. The zero-order valence-corrected chi connectivity index (χ0v) is 11.1. The Morgan fingerprint density at radius 3 is 3.16 bits per heavy atom. The lowest BCUT2D eigenvalue weighted by Crippen LogP contribution is -2.56. The van der Waals surface area contributed by atoms with Crippen LogP contribution in [0.5, 0.6) is 0 Å². The molecule has 0 aliphatic carbocycles. The van der Waals surface area contributed by atoms with Crippen LogP contribution in [0.4, 0.5) is 11.5 Å². The number of ether oxygens (including phenoxy) is 1. The van der Waals surface area contributed by atoms with E-state index < -0.39 is 13.0 Å². The highest BCUT2D eigenvalue weighted by Crippen LogP contribution is 2.39. The lowest BCUT2D eigenvalue weighted by atomic mass is 10.0. The highest BCUT2D eigenvalue weighted by Gasteiger charge is 2.40. The van der Waals surface area contributed by atoms with Gasteiger partial charge in [-0.25, -0.2) is 4.98 Å². The van der Waals surface area contributed by atoms with Crippen LogP contribution in [0.15, 0.2) is 0 Å². The van der Waals surface area contributed by atoms with E-state index in [1.54, 1.807) is 4.90 Å². The Morgan fingerprint density at radius 1 is 1.58 bits per heavy atom. The van der Waals surface area contributed by atoms with E-state index in [9.17, 15) is 4.79 Å². The number of hydrogen-bond donors (Lipinski definition) is 0. The van der Waals surface area contributed by atoms with Gasteiger partial charge in [-0.15, -0.1) is 0 Å². The molecule has 2 aliphatic heterocycles. The Kier molecular flexibility index (Phi) is 2.30. The minimum atomic E-state index is -2.53. The van der Waals surface area contributed by atoms with Crippen LogP contribution in [-0.4, -0.2) is 49.2 Å². The van der Waals surface area contributed by atoms with Gasteiger partial charge in [0.2, 0.25) is 5.28 Å². The van der Waals surface area contributed by atoms with Crippen LogP contribution in [0, 0.1) is 0 Å². The van der Waals surface area contributed by atoms with E-state index in [4.69, 9.17) is 20.5 Å². The van der Waals surface area contributed by atoms with Crippen LogP contribution in [0.2, 0.25) is 5.28 Å². The lowest BCUT2D eigenvalue weighted by molar-refractivity contribution is -0.121. The summed E-state index contributed by atoms with van der Waals surface area (Å²) >= 11 is 5.94. The second kappa shape index (κ2) is 4.61. The molecule has 2 aliphatic rings. The highest BCUT2D eigenvalue weighted by molar-refractivity contribution is 6.28. The maximum atomic E-state index is 12.7. The molecular weight excluding hydrogens is 268 g/mol. The van der Waals surface area contributed by atoms with E-state index in [-0.39, 0.29) is 23.6 Å². The van der Waals surface area contributed by atoms with Crippen molar-refractivity contribution in [2.45, 2.75) is 18.9 Å². The first kappa shape index (κ1) is 9.50. The molecule has 0 saturated carbocycles. The van der Waals surface area contributed by atoms with Crippen molar-refractivity contribution >= 4 is 29.0 Å². The zero-order valence-electron chi connectivity index (χ0n) is 13.4. The molecule has 1 atom stereocenters. The van der Waals surface area contributed by atoms with Crippen LogP contribution in [0.1, 0.15) is 16.2 Å². The molecule has 3 heterocycles. The molecule has 0 saturated heterocycles. The Labute approximate surface area is 120 Å². The molecule has 6 nitrogen and oxygen atoms in total. The third-order valence-electron chi connectivity index (χ3n) is 3.39. The van der Waals surface area contributed by atoms with Gasteiger partial charge >= 0.3 is 0 Å². The van der Waals surface area contributed by atoms with Gasteiger partial charge in [0.15, 0.2) is 5.82 Å². The van der Waals surface area contributed by atoms with Gasteiger partial charge in [0.05, 0.1) is 12.3 Å². The third kappa shape index (κ3) is 1.86. The third-order valence-corrected chi connectivity index (χ3v) is 3.56. The molecule has 3 rings (SSSR count). The number of hydrogen-bond acceptors (Lipinski definition) is 5. The predicted octanol–water partition coefficient (Wildman–Crippen LogP) is 0.874. The summed E-state index contributed by atoms with van der Waals surface area (Å²) in [7, 11) is 1.43. The SMILES string of the molecule is [2H]C([2H])([2H])N1c2nc(Cl)nc3c2N(CCC3)C(=O)[C@@H]1COC. The molecule has 19 heavy (non-hydrogen) atoms. The van der Waals surface area contributed by atoms with Gasteiger partial charge < -0.3 is 14.5 Å². The van der Waals surface area contributed by atoms with E-state index >= 15 is 0 Å². The Balaban J connectivity index is 2.23. The van der Waals surface area contributed by atoms with Crippen molar-refractivity contribution < 1.29 is 13.6 Å². The van der Waals surface area contributed by atoms with Gasteiger partial charge in [-0.2, -0.15) is 4.98 Å². The van der Waals surface area contributed by atoms with Gasteiger partial charge in [-0.3, -0.25) is 4.79 Å². The summed E-state index contributed by atoms with van der Waals surface area (Å²) in [5.74, 6) is -0.131. The summed E-state index contributed by atoms with van der Waals surface area (Å²) in [6.45, 7) is -2.06. The number of halogens is 1. The first-order valence-electron chi connectivity index (χ1n) is 7.50. The van der Waals surface area contributed by atoms with E-state index in [0.29, 0.717) is 24.3 Å². The van der Waals surface area contributed by atoms with Crippen molar-refractivity contribution in [2.75, 3.05) is 37.0 Å². The monoisotopic (exact) mass is 285 g/mol. The maximum Gasteiger partial charge on any atom is 0.252 e. The fourth-order valence-corrected chi connectivity index (χ4v) is 2.74. The average molecular weight is 286 g/mol. The molecule has 0 bridgehead atoms. The lowest BCUT2D eigenvalue weighted by Gasteiger charge is -2.42. The number of methoxy groups -OCH3 is 1. The van der Waals surface area contributed by atoms with Crippen molar-refractivity contribution in [3.05, 3.63) is 11.0 Å². The van der Waals surface area contributed by atoms with Crippen LogP contribution < -0.4 is 9.80 Å². The fourth-order valence-electron chi connectivity index (χ4n) is 2.56. The number of nitrogens with zero attached hydrogens (tertiary/aromatic N) is 4. The maximum absolute atomic E-state index is 12.7. The predicted molar refractivity (Wildman–Crippen MR) is 71.8 cm³/mol. The summed E-state index contributed by atoms with van der Waals surface area (Å²) in [6.07, 6.45) is 1.39. The van der Waals surface area contributed by atoms with Gasteiger partial charge in [-0.05, 0) is 24.4 Å². The van der Waals surface area contributed by atoms with Crippen molar-refractivity contribution in [1.82, 2.24) is 9.97 Å². The molecule has 0 N–H and O–H groups in total. The number of amides is 1. The number of carbonyl (C=O) groups excluding carboxylic acids is 1. The molecule has 0 fully saturated rings. The number of aromatic nitrogens is 2. The van der Waals surface area contributed by atoms with Crippen LogP contribution in [0.3, 0.4) is 0 Å². The van der Waals surface area contributed by atoms with Crippen molar-refractivity contribution in [2.24, 2.45) is 0 Å². The quantitative estimate of drug-likeness (QED) is 0.755. The number of aryl methyl sites for hydroxylation is 1. The van der Waals surface area contributed by atoms with Gasteiger partial charge in [-0.1, -0.05) is 0 Å². The standard InChI is InChI=1S/C12H15ClN4O2/c1-16-8(6-19-2)11(18)17-5-3-4-7-9(17)10(16)15-12(13)14-7/h8H,3-6H2,1-2H3/t8-/m0/s1/i1D3. The van der Waals surface area contributed by atoms with Crippen LogP contribution in [0.25, 0.3) is 0 Å². The van der Waals surface area contributed by atoms with E-state index in [0.717, 1.165) is 11.3 Å². The summed E-state index contributed by atoms with van der Waals surface area (Å²) in [5, 5.41) is -0.0182. The molecule has 1 aromatic heterocycles. The van der Waals surface area contributed by atoms with E-state index in [2.05, 4.69) is 9.97 Å². The average Bonchev–Trinajstić information content (AvgIpc) is 2.42. The Morgan fingerprint density at radius 2 is 2.42 bits per heavy atom. The highest BCUT2D eigenvalue weighted by atomic mass is 35.5. The number of anilines is 2. The summed E-state index contributed by atoms with van der Waals surface area (Å²) in [6, 6.07) is -0.957. The molecule has 7 heteroatoms. The number of carbonyl (C=O) groups is 1. The molecule has 0 spiro atoms. The normalized spacial score (nSPS) is 24.6. The summed E-state index contributed by atoms with van der Waals surface area (Å²) < 4.78 is 28.4. The van der Waals surface area contributed by atoms with Crippen LogP contribution in [-0.2, 0) is 16.0 Å². The summed E-state index contributed by atoms with van der Waals surface area (Å²) in [5.41, 5.74) is 1.07. The Bertz CT molecular complexity index is 625. The van der Waals surface area contributed by atoms with Gasteiger partial charge in [0.1, 0.15) is 11.7 Å². The molecular formula is C12H15ClN4O2. The second-order valence-electron chi connectivity index (χ2n) is 4.55. The van der Waals surface area contributed by atoms with Crippen LogP contribution >= 0.6 is 11.6 Å². The minimum Gasteiger partial charge on any atom is -0.382 e. The molecule has 102 valence electrons. The number of likely N-dealkylation sites (N-methyl/N-ethyl adjacent to an activating group) is 1. The first-order chi connectivity index (χ1) is 10.3.